The van der Waals surface area contributed by atoms with Gasteiger partial charge in [0, 0.05) is 4.47 Å². The second-order valence-electron chi connectivity index (χ2n) is 8.73. The Morgan fingerprint density at radius 2 is 1.82 bits per heavy atom. The third-order valence-corrected chi connectivity index (χ3v) is 5.73. The lowest BCUT2D eigenvalue weighted by molar-refractivity contribution is 0.0340. The molecule has 0 heterocycles. The highest BCUT2D eigenvalue weighted by Gasteiger charge is 2.39. The van der Waals surface area contributed by atoms with Crippen molar-refractivity contribution >= 4 is 15.9 Å². The Kier molecular flexibility index (Phi) is 5.63. The minimum absolute atomic E-state index is 0.402. The van der Waals surface area contributed by atoms with Crippen molar-refractivity contribution in [2.45, 2.75) is 60.3 Å². The summed E-state index contributed by atoms with van der Waals surface area (Å²) in [5, 5.41) is 0. The van der Waals surface area contributed by atoms with Crippen molar-refractivity contribution in [3.63, 3.8) is 0 Å². The van der Waals surface area contributed by atoms with E-state index < -0.39 is 0 Å². The molecule has 1 fully saturated rings. The first-order chi connectivity index (χ1) is 10.2. The van der Waals surface area contributed by atoms with Crippen LogP contribution in [0.1, 0.15) is 60.3 Å². The number of benzene rings is 1. The monoisotopic (exact) mass is 366 g/mol. The number of hydrogen-bond donors (Lipinski definition) is 0. The van der Waals surface area contributed by atoms with Gasteiger partial charge in [-0.2, -0.15) is 0 Å². The fraction of sp³-hybridized carbons (Fsp3) is 0.700. The largest absolute Gasteiger partial charge is 0.494 e. The zero-order chi connectivity index (χ0) is 16.4. The molecule has 0 aliphatic heterocycles. The molecule has 1 aliphatic carbocycles. The maximum absolute atomic E-state index is 5.97. The Hall–Kier alpha value is -0.500. The van der Waals surface area contributed by atoms with E-state index in [0.29, 0.717) is 10.8 Å². The van der Waals surface area contributed by atoms with Gasteiger partial charge in [0.25, 0.3) is 0 Å². The molecule has 0 N–H and O–H groups in total. The van der Waals surface area contributed by atoms with Crippen LogP contribution in [0.3, 0.4) is 0 Å². The Morgan fingerprint density at radius 3 is 2.41 bits per heavy atom. The molecule has 1 saturated carbocycles. The molecule has 1 aromatic carbocycles. The average molecular weight is 367 g/mol. The molecule has 1 nitrogen and oxygen atoms in total. The quantitative estimate of drug-likeness (QED) is 0.575. The van der Waals surface area contributed by atoms with Gasteiger partial charge in [-0.3, -0.25) is 0 Å². The smallest absolute Gasteiger partial charge is 0.119 e. The van der Waals surface area contributed by atoms with Gasteiger partial charge in [0.05, 0.1) is 6.61 Å². The van der Waals surface area contributed by atoms with Crippen molar-refractivity contribution in [1.29, 1.82) is 0 Å². The van der Waals surface area contributed by atoms with E-state index in [1.54, 1.807) is 0 Å². The van der Waals surface area contributed by atoms with E-state index >= 15 is 0 Å². The summed E-state index contributed by atoms with van der Waals surface area (Å²) in [6.45, 7) is 12.9. The fourth-order valence-electron chi connectivity index (χ4n) is 4.04. The van der Waals surface area contributed by atoms with Gasteiger partial charge < -0.3 is 4.74 Å². The summed E-state index contributed by atoms with van der Waals surface area (Å²) in [4.78, 5) is 0. The number of rotatable bonds is 4. The van der Waals surface area contributed by atoms with E-state index in [-0.39, 0.29) is 0 Å². The molecule has 1 aliphatic rings. The van der Waals surface area contributed by atoms with Crippen LogP contribution in [-0.2, 0) is 0 Å². The molecule has 0 spiro atoms. The summed E-state index contributed by atoms with van der Waals surface area (Å²) in [5.74, 6) is 2.57. The van der Waals surface area contributed by atoms with Crippen LogP contribution in [0.25, 0.3) is 0 Å². The lowest BCUT2D eigenvalue weighted by Crippen LogP contribution is -2.37. The van der Waals surface area contributed by atoms with Crippen LogP contribution in [0, 0.1) is 22.7 Å². The van der Waals surface area contributed by atoms with Crippen molar-refractivity contribution in [1.82, 2.24) is 0 Å². The van der Waals surface area contributed by atoms with Gasteiger partial charge in [0.1, 0.15) is 5.75 Å². The van der Waals surface area contributed by atoms with Gasteiger partial charge in [-0.05, 0) is 72.6 Å². The highest BCUT2D eigenvalue weighted by atomic mass is 79.9. The van der Waals surface area contributed by atoms with Gasteiger partial charge in [0.15, 0.2) is 0 Å². The van der Waals surface area contributed by atoms with E-state index in [1.807, 2.05) is 24.3 Å². The summed E-state index contributed by atoms with van der Waals surface area (Å²) in [5.41, 5.74) is 0.892. The van der Waals surface area contributed by atoms with Gasteiger partial charge in [-0.15, -0.1) is 0 Å². The predicted molar refractivity (Wildman–Crippen MR) is 98.3 cm³/mol. The molecular weight excluding hydrogens is 336 g/mol. The second kappa shape index (κ2) is 6.95. The average Bonchev–Trinajstić information content (AvgIpc) is 2.38. The zero-order valence-electron chi connectivity index (χ0n) is 14.8. The first-order valence-electron chi connectivity index (χ1n) is 8.56. The lowest BCUT2D eigenvalue weighted by Gasteiger charge is -2.46. The standard InChI is InChI=1S/C20H31BrO/c1-19(2,3)18-10-12-20(4,5)14-15(18)11-13-22-17-8-6-16(21)7-9-17/h6-9,15,18H,10-14H2,1-5H3. The topological polar surface area (TPSA) is 9.23 Å². The van der Waals surface area contributed by atoms with Gasteiger partial charge in [-0.25, -0.2) is 0 Å². The first-order valence-corrected chi connectivity index (χ1v) is 9.35. The van der Waals surface area contributed by atoms with Crippen molar-refractivity contribution in [3.05, 3.63) is 28.7 Å². The Labute approximate surface area is 145 Å². The lowest BCUT2D eigenvalue weighted by atomic mass is 9.59. The maximum atomic E-state index is 5.97. The molecule has 1 aromatic rings. The number of ether oxygens (including phenoxy) is 1. The first kappa shape index (κ1) is 17.8. The third kappa shape index (κ3) is 5.01. The molecule has 2 atom stereocenters. The highest BCUT2D eigenvalue weighted by Crippen LogP contribution is 2.49. The van der Waals surface area contributed by atoms with Gasteiger partial charge >= 0.3 is 0 Å². The molecule has 0 aromatic heterocycles. The van der Waals surface area contributed by atoms with Crippen molar-refractivity contribution in [2.24, 2.45) is 22.7 Å². The molecule has 0 radical (unpaired) electrons. The number of hydrogen-bond acceptors (Lipinski definition) is 1. The Morgan fingerprint density at radius 1 is 1.18 bits per heavy atom. The van der Waals surface area contributed by atoms with E-state index in [2.05, 4.69) is 50.5 Å². The molecule has 2 rings (SSSR count). The molecule has 2 unspecified atom stereocenters. The van der Waals surface area contributed by atoms with Crippen molar-refractivity contribution in [2.75, 3.05) is 6.61 Å². The second-order valence-corrected chi connectivity index (χ2v) is 9.65. The Bertz CT molecular complexity index is 469. The van der Waals surface area contributed by atoms with E-state index in [1.165, 1.54) is 25.7 Å². The summed E-state index contributed by atoms with van der Waals surface area (Å²) in [7, 11) is 0. The van der Waals surface area contributed by atoms with Crippen LogP contribution in [0.5, 0.6) is 5.75 Å². The van der Waals surface area contributed by atoms with E-state index in [0.717, 1.165) is 28.7 Å². The SMILES string of the molecule is CC1(C)CCC(C(C)(C)C)C(CCOc2ccc(Br)cc2)C1. The Balaban J connectivity index is 1.93. The van der Waals surface area contributed by atoms with Crippen LogP contribution in [0.2, 0.25) is 0 Å². The minimum Gasteiger partial charge on any atom is -0.494 e. The molecule has 0 amide bonds. The van der Waals surface area contributed by atoms with Gasteiger partial charge in [0.2, 0.25) is 0 Å². The van der Waals surface area contributed by atoms with Crippen LogP contribution in [-0.4, -0.2) is 6.61 Å². The van der Waals surface area contributed by atoms with Gasteiger partial charge in [-0.1, -0.05) is 50.5 Å². The molecular formula is C20H31BrO. The van der Waals surface area contributed by atoms with E-state index in [4.69, 9.17) is 4.74 Å². The van der Waals surface area contributed by atoms with Crippen LogP contribution in [0.4, 0.5) is 0 Å². The molecule has 124 valence electrons. The fourth-order valence-corrected chi connectivity index (χ4v) is 4.30. The van der Waals surface area contributed by atoms with E-state index in [9.17, 15) is 0 Å². The van der Waals surface area contributed by atoms with Crippen molar-refractivity contribution in [3.8, 4) is 5.75 Å². The molecule has 22 heavy (non-hydrogen) atoms. The summed E-state index contributed by atoms with van der Waals surface area (Å²) in [6, 6.07) is 8.15. The molecule has 2 heteroatoms. The third-order valence-electron chi connectivity index (χ3n) is 5.20. The van der Waals surface area contributed by atoms with Crippen LogP contribution < -0.4 is 4.74 Å². The van der Waals surface area contributed by atoms with Crippen LogP contribution >= 0.6 is 15.9 Å². The normalized spacial score (nSPS) is 25.0. The highest BCUT2D eigenvalue weighted by molar-refractivity contribution is 9.10. The summed E-state index contributed by atoms with van der Waals surface area (Å²) < 4.78 is 7.07. The maximum Gasteiger partial charge on any atom is 0.119 e. The van der Waals surface area contributed by atoms with Crippen molar-refractivity contribution < 1.29 is 4.74 Å². The minimum atomic E-state index is 0.402. The zero-order valence-corrected chi connectivity index (χ0v) is 16.4. The molecule has 0 saturated heterocycles. The predicted octanol–water partition coefficient (Wildman–Crippen LogP) is 6.71. The summed E-state index contributed by atoms with van der Waals surface area (Å²) >= 11 is 3.46. The molecule has 0 bridgehead atoms. The summed E-state index contributed by atoms with van der Waals surface area (Å²) in [6.07, 6.45) is 5.22. The van der Waals surface area contributed by atoms with Crippen LogP contribution in [0.15, 0.2) is 28.7 Å². The number of halogens is 1.